The maximum atomic E-state index is 11.9. The Morgan fingerprint density at radius 2 is 2.32 bits per heavy atom. The van der Waals surface area contributed by atoms with Gasteiger partial charge in [-0.25, -0.2) is 0 Å². The lowest BCUT2D eigenvalue weighted by Crippen LogP contribution is -2.16. The van der Waals surface area contributed by atoms with Crippen molar-refractivity contribution in [1.82, 2.24) is 15.5 Å². The molecule has 0 unspecified atom stereocenters. The molecule has 5 heteroatoms. The van der Waals surface area contributed by atoms with E-state index in [1.165, 1.54) is 24.6 Å². The zero-order chi connectivity index (χ0) is 13.1. The Labute approximate surface area is 111 Å². The molecule has 1 aliphatic rings. The zero-order valence-corrected chi connectivity index (χ0v) is 10.5. The van der Waals surface area contributed by atoms with Crippen molar-refractivity contribution in [3.8, 4) is 0 Å². The van der Waals surface area contributed by atoms with Gasteiger partial charge in [-0.15, -0.1) is 0 Å². The summed E-state index contributed by atoms with van der Waals surface area (Å²) in [5.41, 5.74) is 2.51. The van der Waals surface area contributed by atoms with Crippen molar-refractivity contribution in [2.75, 3.05) is 5.32 Å². The van der Waals surface area contributed by atoms with Crippen LogP contribution in [-0.2, 0) is 6.54 Å². The SMILES string of the molecule is O=C(Nc1cccc(CNC2CC2)c1)c1cn[nH]c1. The summed E-state index contributed by atoms with van der Waals surface area (Å²) in [6, 6.07) is 8.58. The van der Waals surface area contributed by atoms with Gasteiger partial charge in [0, 0.05) is 24.5 Å². The molecule has 3 rings (SSSR count). The van der Waals surface area contributed by atoms with Crippen LogP contribution in [0.1, 0.15) is 28.8 Å². The van der Waals surface area contributed by atoms with Gasteiger partial charge in [0.1, 0.15) is 0 Å². The van der Waals surface area contributed by atoms with Crippen LogP contribution >= 0.6 is 0 Å². The molecule has 2 aromatic rings. The van der Waals surface area contributed by atoms with Gasteiger partial charge < -0.3 is 10.6 Å². The molecule has 0 atom stereocenters. The topological polar surface area (TPSA) is 69.8 Å². The van der Waals surface area contributed by atoms with Crippen LogP contribution in [0.3, 0.4) is 0 Å². The Hall–Kier alpha value is -2.14. The molecule has 1 aliphatic carbocycles. The van der Waals surface area contributed by atoms with Crippen LogP contribution in [0.25, 0.3) is 0 Å². The number of hydrogen-bond acceptors (Lipinski definition) is 3. The van der Waals surface area contributed by atoms with Gasteiger partial charge in [0.15, 0.2) is 0 Å². The molecule has 98 valence electrons. The van der Waals surface area contributed by atoms with Crippen molar-refractivity contribution in [2.24, 2.45) is 0 Å². The molecular weight excluding hydrogens is 240 g/mol. The maximum absolute atomic E-state index is 11.9. The quantitative estimate of drug-likeness (QED) is 0.765. The molecule has 0 radical (unpaired) electrons. The Balaban J connectivity index is 1.63. The molecule has 3 N–H and O–H groups in total. The summed E-state index contributed by atoms with van der Waals surface area (Å²) in [4.78, 5) is 11.9. The summed E-state index contributed by atoms with van der Waals surface area (Å²) in [5.74, 6) is -0.152. The number of benzene rings is 1. The normalized spacial score (nSPS) is 14.3. The van der Waals surface area contributed by atoms with Gasteiger partial charge in [0.05, 0.1) is 11.8 Å². The lowest BCUT2D eigenvalue weighted by Gasteiger charge is -2.07. The van der Waals surface area contributed by atoms with E-state index in [0.29, 0.717) is 11.6 Å². The highest BCUT2D eigenvalue weighted by atomic mass is 16.1. The number of aromatic amines is 1. The van der Waals surface area contributed by atoms with E-state index < -0.39 is 0 Å². The van der Waals surface area contributed by atoms with E-state index in [2.05, 4.69) is 26.9 Å². The number of hydrogen-bond donors (Lipinski definition) is 3. The third kappa shape index (κ3) is 3.20. The average molecular weight is 256 g/mol. The van der Waals surface area contributed by atoms with Crippen molar-refractivity contribution in [1.29, 1.82) is 0 Å². The van der Waals surface area contributed by atoms with E-state index in [1.807, 2.05) is 18.2 Å². The van der Waals surface area contributed by atoms with Gasteiger partial charge in [-0.3, -0.25) is 9.89 Å². The van der Waals surface area contributed by atoms with E-state index in [4.69, 9.17) is 0 Å². The molecule has 0 spiro atoms. The van der Waals surface area contributed by atoms with E-state index in [1.54, 1.807) is 6.20 Å². The molecule has 1 heterocycles. The van der Waals surface area contributed by atoms with Gasteiger partial charge in [-0.2, -0.15) is 5.10 Å². The predicted octanol–water partition coefficient (Wildman–Crippen LogP) is 1.91. The number of aromatic nitrogens is 2. The van der Waals surface area contributed by atoms with Gasteiger partial charge in [0.25, 0.3) is 5.91 Å². The standard InChI is InChI=1S/C14H16N4O/c19-14(11-8-16-17-9-11)18-13-3-1-2-10(6-13)7-15-12-4-5-12/h1-3,6,8-9,12,15H,4-5,7H2,(H,16,17)(H,18,19). The molecule has 1 saturated carbocycles. The first kappa shape index (κ1) is 11.9. The minimum atomic E-state index is -0.152. The third-order valence-corrected chi connectivity index (χ3v) is 3.12. The first-order valence-corrected chi connectivity index (χ1v) is 6.44. The lowest BCUT2D eigenvalue weighted by atomic mass is 10.2. The summed E-state index contributed by atoms with van der Waals surface area (Å²) < 4.78 is 0. The highest BCUT2D eigenvalue weighted by Crippen LogP contribution is 2.20. The molecule has 0 aliphatic heterocycles. The summed E-state index contributed by atoms with van der Waals surface area (Å²) in [7, 11) is 0. The predicted molar refractivity (Wildman–Crippen MR) is 72.8 cm³/mol. The summed E-state index contributed by atoms with van der Waals surface area (Å²) in [6.07, 6.45) is 5.63. The van der Waals surface area contributed by atoms with E-state index in [9.17, 15) is 4.79 Å². The lowest BCUT2D eigenvalue weighted by molar-refractivity contribution is 0.102. The molecule has 5 nitrogen and oxygen atoms in total. The molecule has 1 amide bonds. The smallest absolute Gasteiger partial charge is 0.258 e. The van der Waals surface area contributed by atoms with Crippen molar-refractivity contribution < 1.29 is 4.79 Å². The first-order chi connectivity index (χ1) is 9.31. The molecule has 1 fully saturated rings. The second kappa shape index (κ2) is 5.24. The summed E-state index contributed by atoms with van der Waals surface area (Å²) in [5, 5.41) is 12.7. The van der Waals surface area contributed by atoms with Crippen LogP contribution in [-0.4, -0.2) is 22.1 Å². The van der Waals surface area contributed by atoms with Gasteiger partial charge >= 0.3 is 0 Å². The summed E-state index contributed by atoms with van der Waals surface area (Å²) in [6.45, 7) is 0.847. The second-order valence-corrected chi connectivity index (χ2v) is 4.80. The number of carbonyl (C=O) groups is 1. The van der Waals surface area contributed by atoms with E-state index >= 15 is 0 Å². The fourth-order valence-electron chi connectivity index (χ4n) is 1.89. The average Bonchev–Trinajstić information content (AvgIpc) is 3.08. The first-order valence-electron chi connectivity index (χ1n) is 6.44. The van der Waals surface area contributed by atoms with Crippen LogP contribution in [0.2, 0.25) is 0 Å². The Morgan fingerprint density at radius 1 is 1.42 bits per heavy atom. The fraction of sp³-hybridized carbons (Fsp3) is 0.286. The molecule has 0 bridgehead atoms. The van der Waals surface area contributed by atoms with Crippen molar-refractivity contribution >= 4 is 11.6 Å². The molecule has 19 heavy (non-hydrogen) atoms. The van der Waals surface area contributed by atoms with Gasteiger partial charge in [0.2, 0.25) is 0 Å². The highest BCUT2D eigenvalue weighted by molar-refractivity contribution is 6.03. The van der Waals surface area contributed by atoms with Crippen LogP contribution in [0.5, 0.6) is 0 Å². The fourth-order valence-corrected chi connectivity index (χ4v) is 1.89. The van der Waals surface area contributed by atoms with Gasteiger partial charge in [-0.1, -0.05) is 12.1 Å². The second-order valence-electron chi connectivity index (χ2n) is 4.80. The summed E-state index contributed by atoms with van der Waals surface area (Å²) >= 11 is 0. The molecule has 1 aromatic carbocycles. The van der Waals surface area contributed by atoms with E-state index in [-0.39, 0.29) is 5.91 Å². The minimum absolute atomic E-state index is 0.152. The third-order valence-electron chi connectivity index (χ3n) is 3.12. The number of H-pyrrole nitrogens is 1. The van der Waals surface area contributed by atoms with E-state index in [0.717, 1.165) is 12.2 Å². The number of nitrogens with zero attached hydrogens (tertiary/aromatic N) is 1. The Kier molecular flexibility index (Phi) is 3.29. The monoisotopic (exact) mass is 256 g/mol. The van der Waals surface area contributed by atoms with Crippen molar-refractivity contribution in [3.63, 3.8) is 0 Å². The van der Waals surface area contributed by atoms with Crippen molar-refractivity contribution in [3.05, 3.63) is 47.8 Å². The molecule has 1 aromatic heterocycles. The number of amides is 1. The molecular formula is C14H16N4O. The minimum Gasteiger partial charge on any atom is -0.322 e. The number of anilines is 1. The number of rotatable bonds is 5. The number of nitrogens with one attached hydrogen (secondary N) is 3. The van der Waals surface area contributed by atoms with Crippen molar-refractivity contribution in [2.45, 2.75) is 25.4 Å². The van der Waals surface area contributed by atoms with Gasteiger partial charge in [-0.05, 0) is 30.5 Å². The van der Waals surface area contributed by atoms with Crippen LogP contribution in [0.15, 0.2) is 36.7 Å². The Morgan fingerprint density at radius 3 is 3.05 bits per heavy atom. The zero-order valence-electron chi connectivity index (χ0n) is 10.5. The maximum Gasteiger partial charge on any atom is 0.258 e. The number of carbonyl (C=O) groups excluding carboxylic acids is 1. The van der Waals surface area contributed by atoms with Crippen LogP contribution in [0.4, 0.5) is 5.69 Å². The van der Waals surface area contributed by atoms with Crippen LogP contribution < -0.4 is 10.6 Å². The highest BCUT2D eigenvalue weighted by Gasteiger charge is 2.19. The van der Waals surface area contributed by atoms with Crippen LogP contribution in [0, 0.1) is 0 Å². The largest absolute Gasteiger partial charge is 0.322 e. The Bertz CT molecular complexity index is 561. The molecule has 0 saturated heterocycles.